The maximum atomic E-state index is 13.5. The standard InChI is InChI=1S/C25H38N4O4S/c1-3-4-5-6-10-28(13-12-27-14-17-33-18-15-27)23(30)20-8-9-21-22(19-20)26-25(34)29(24(21)31)11-7-16-32-2/h8-9,19H,3-7,10-18H2,1-2H3,(H,26,34). The number of benzene rings is 1. The molecule has 0 saturated carbocycles. The molecule has 2 aromatic rings. The maximum absolute atomic E-state index is 13.5. The number of H-pyrrole nitrogens is 1. The molecule has 3 rings (SSSR count). The lowest BCUT2D eigenvalue weighted by molar-refractivity contribution is 0.0324. The first-order valence-corrected chi connectivity index (χ1v) is 12.8. The van der Waals surface area contributed by atoms with E-state index in [-0.39, 0.29) is 11.5 Å². The molecule has 1 aromatic carbocycles. The Balaban J connectivity index is 1.78. The summed E-state index contributed by atoms with van der Waals surface area (Å²) >= 11 is 5.43. The third-order valence-electron chi connectivity index (χ3n) is 6.32. The third kappa shape index (κ3) is 7.21. The van der Waals surface area contributed by atoms with Crippen LogP contribution in [0.25, 0.3) is 10.9 Å². The molecular formula is C25H38N4O4S. The van der Waals surface area contributed by atoms with Crippen LogP contribution in [0.4, 0.5) is 0 Å². The highest BCUT2D eigenvalue weighted by Crippen LogP contribution is 2.15. The summed E-state index contributed by atoms with van der Waals surface area (Å²) in [6.45, 7) is 8.79. The second kappa shape index (κ2) is 13.7. The predicted octanol–water partition coefficient (Wildman–Crippen LogP) is 3.45. The molecule has 1 aliphatic heterocycles. The van der Waals surface area contributed by atoms with Crippen LogP contribution in [-0.2, 0) is 16.0 Å². The van der Waals surface area contributed by atoms with Crippen LogP contribution < -0.4 is 5.56 Å². The van der Waals surface area contributed by atoms with Crippen LogP contribution in [0.3, 0.4) is 0 Å². The van der Waals surface area contributed by atoms with E-state index in [1.54, 1.807) is 29.9 Å². The Bertz CT molecular complexity index is 1050. The van der Waals surface area contributed by atoms with E-state index in [1.165, 1.54) is 6.42 Å². The number of carbonyl (C=O) groups is 1. The molecule has 2 heterocycles. The first kappa shape index (κ1) is 26.5. The average molecular weight is 491 g/mol. The van der Waals surface area contributed by atoms with Crippen molar-refractivity contribution in [3.63, 3.8) is 0 Å². The van der Waals surface area contributed by atoms with Crippen LogP contribution in [0.5, 0.6) is 0 Å². The summed E-state index contributed by atoms with van der Waals surface area (Å²) in [5.41, 5.74) is 1.03. The van der Waals surface area contributed by atoms with Gasteiger partial charge in [-0.25, -0.2) is 0 Å². The highest BCUT2D eigenvalue weighted by Gasteiger charge is 2.19. The SMILES string of the molecule is CCCCCCN(CCN1CCOCC1)C(=O)c1ccc2c(=O)n(CCCOC)c(=S)[nH]c2c1. The lowest BCUT2D eigenvalue weighted by Crippen LogP contribution is -2.43. The van der Waals surface area contributed by atoms with Gasteiger partial charge in [0.25, 0.3) is 11.5 Å². The quantitative estimate of drug-likeness (QED) is 0.342. The number of amides is 1. The first-order valence-electron chi connectivity index (χ1n) is 12.4. The second-order valence-corrected chi connectivity index (χ2v) is 9.19. The molecule has 1 saturated heterocycles. The molecule has 1 aliphatic rings. The molecule has 188 valence electrons. The van der Waals surface area contributed by atoms with Crippen molar-refractivity contribution in [3.05, 3.63) is 38.9 Å². The fourth-order valence-corrected chi connectivity index (χ4v) is 4.56. The second-order valence-electron chi connectivity index (χ2n) is 8.80. The number of ether oxygens (including phenoxy) is 2. The number of hydrogen-bond donors (Lipinski definition) is 1. The average Bonchev–Trinajstić information content (AvgIpc) is 2.85. The molecule has 8 nitrogen and oxygen atoms in total. The van der Waals surface area contributed by atoms with Crippen molar-refractivity contribution in [2.24, 2.45) is 0 Å². The minimum atomic E-state index is -0.141. The smallest absolute Gasteiger partial charge is 0.262 e. The number of aromatic nitrogens is 2. The number of nitrogens with zero attached hydrogens (tertiary/aromatic N) is 3. The van der Waals surface area contributed by atoms with Crippen molar-refractivity contribution < 1.29 is 14.3 Å². The van der Waals surface area contributed by atoms with Crippen LogP contribution in [0, 0.1) is 4.77 Å². The largest absolute Gasteiger partial charge is 0.385 e. The third-order valence-corrected chi connectivity index (χ3v) is 6.64. The number of rotatable bonds is 13. The number of methoxy groups -OCH3 is 1. The van der Waals surface area contributed by atoms with Gasteiger partial charge in [-0.15, -0.1) is 0 Å². The normalized spacial score (nSPS) is 14.5. The zero-order valence-electron chi connectivity index (χ0n) is 20.5. The lowest BCUT2D eigenvalue weighted by Gasteiger charge is -2.30. The van der Waals surface area contributed by atoms with E-state index in [9.17, 15) is 9.59 Å². The van der Waals surface area contributed by atoms with Crippen molar-refractivity contribution >= 4 is 29.0 Å². The number of carbonyl (C=O) groups excluding carboxylic acids is 1. The number of hydrogen-bond acceptors (Lipinski definition) is 6. The van der Waals surface area contributed by atoms with E-state index in [4.69, 9.17) is 21.7 Å². The number of unbranched alkanes of at least 4 members (excludes halogenated alkanes) is 3. The van der Waals surface area contributed by atoms with Gasteiger partial charge in [0.15, 0.2) is 4.77 Å². The van der Waals surface area contributed by atoms with Gasteiger partial charge in [-0.05, 0) is 43.3 Å². The molecule has 1 fully saturated rings. The van der Waals surface area contributed by atoms with Crippen LogP contribution in [0.1, 0.15) is 49.4 Å². The van der Waals surface area contributed by atoms with Crippen LogP contribution in [0.2, 0.25) is 0 Å². The number of aromatic amines is 1. The zero-order chi connectivity index (χ0) is 24.3. The number of fused-ring (bicyclic) bond motifs is 1. The summed E-state index contributed by atoms with van der Waals surface area (Å²) in [6, 6.07) is 5.26. The predicted molar refractivity (Wildman–Crippen MR) is 137 cm³/mol. The van der Waals surface area contributed by atoms with Gasteiger partial charge in [-0.1, -0.05) is 26.2 Å². The van der Waals surface area contributed by atoms with E-state index >= 15 is 0 Å². The molecule has 34 heavy (non-hydrogen) atoms. The van der Waals surface area contributed by atoms with Gasteiger partial charge in [-0.2, -0.15) is 0 Å². The highest BCUT2D eigenvalue weighted by atomic mass is 32.1. The highest BCUT2D eigenvalue weighted by molar-refractivity contribution is 7.71. The molecular weight excluding hydrogens is 452 g/mol. The molecule has 1 amide bonds. The minimum absolute atomic E-state index is 0.00440. The van der Waals surface area contributed by atoms with E-state index in [0.717, 1.165) is 58.7 Å². The van der Waals surface area contributed by atoms with Gasteiger partial charge in [0.1, 0.15) is 0 Å². The molecule has 0 atom stereocenters. The zero-order valence-corrected chi connectivity index (χ0v) is 21.3. The summed E-state index contributed by atoms with van der Waals surface area (Å²) < 4.78 is 12.4. The van der Waals surface area contributed by atoms with E-state index < -0.39 is 0 Å². The molecule has 0 spiro atoms. The topological polar surface area (TPSA) is 79.8 Å². The lowest BCUT2D eigenvalue weighted by atomic mass is 10.1. The Morgan fingerprint density at radius 2 is 1.94 bits per heavy atom. The summed E-state index contributed by atoms with van der Waals surface area (Å²) in [5.74, 6) is -0.00440. The van der Waals surface area contributed by atoms with Gasteiger partial charge < -0.3 is 19.4 Å². The maximum Gasteiger partial charge on any atom is 0.262 e. The van der Waals surface area contributed by atoms with E-state index in [0.29, 0.717) is 47.4 Å². The summed E-state index contributed by atoms with van der Waals surface area (Å²) in [7, 11) is 1.64. The summed E-state index contributed by atoms with van der Waals surface area (Å²) in [4.78, 5) is 33.9. The van der Waals surface area contributed by atoms with Crippen molar-refractivity contribution in [2.45, 2.75) is 45.6 Å². The number of nitrogens with one attached hydrogen (secondary N) is 1. The van der Waals surface area contributed by atoms with Crippen LogP contribution in [0.15, 0.2) is 23.0 Å². The van der Waals surface area contributed by atoms with Gasteiger partial charge in [0.05, 0.1) is 24.1 Å². The van der Waals surface area contributed by atoms with Gasteiger partial charge >= 0.3 is 0 Å². The van der Waals surface area contributed by atoms with Crippen molar-refractivity contribution in [1.82, 2.24) is 19.4 Å². The Morgan fingerprint density at radius 1 is 1.15 bits per heavy atom. The summed E-state index contributed by atoms with van der Waals surface area (Å²) in [5, 5.41) is 0.533. The fraction of sp³-hybridized carbons (Fsp3) is 0.640. The van der Waals surface area contributed by atoms with E-state index in [1.807, 2.05) is 4.90 Å². The fourth-order valence-electron chi connectivity index (χ4n) is 4.27. The first-order chi connectivity index (χ1) is 16.5. The van der Waals surface area contributed by atoms with Crippen LogP contribution >= 0.6 is 12.2 Å². The van der Waals surface area contributed by atoms with Crippen molar-refractivity contribution in [1.29, 1.82) is 0 Å². The Kier molecular flexibility index (Phi) is 10.7. The molecule has 0 aliphatic carbocycles. The van der Waals surface area contributed by atoms with Crippen molar-refractivity contribution in [2.75, 3.05) is 59.7 Å². The molecule has 0 unspecified atom stereocenters. The molecule has 9 heteroatoms. The monoisotopic (exact) mass is 490 g/mol. The van der Waals surface area contributed by atoms with E-state index in [2.05, 4.69) is 16.8 Å². The number of morpholine rings is 1. The summed E-state index contributed by atoms with van der Waals surface area (Å²) in [6.07, 6.45) is 5.14. The van der Waals surface area contributed by atoms with Gasteiger partial charge in [0.2, 0.25) is 0 Å². The van der Waals surface area contributed by atoms with Crippen molar-refractivity contribution in [3.8, 4) is 0 Å². The Morgan fingerprint density at radius 3 is 2.68 bits per heavy atom. The Labute approximate surface area is 206 Å². The molecule has 1 N–H and O–H groups in total. The van der Waals surface area contributed by atoms with Crippen LogP contribution in [-0.4, -0.2) is 84.9 Å². The molecule has 1 aromatic heterocycles. The van der Waals surface area contributed by atoms with Gasteiger partial charge in [-0.3, -0.25) is 19.1 Å². The minimum Gasteiger partial charge on any atom is -0.385 e. The molecule has 0 bridgehead atoms. The van der Waals surface area contributed by atoms with Gasteiger partial charge in [0, 0.05) is 58.5 Å². The molecule has 0 radical (unpaired) electrons. The Hall–Kier alpha value is -2.07.